The van der Waals surface area contributed by atoms with Gasteiger partial charge in [0.15, 0.2) is 0 Å². The molecule has 4 heteroatoms. The Kier molecular flexibility index (Phi) is 5.82. The Morgan fingerprint density at radius 2 is 2.05 bits per heavy atom. The zero-order chi connectivity index (χ0) is 15.3. The fraction of sp³-hybridized carbons (Fsp3) is 0.647. The topological polar surface area (TPSA) is 46.2 Å². The summed E-state index contributed by atoms with van der Waals surface area (Å²) < 4.78 is 23.0. The minimum atomic E-state index is -2.88. The molecule has 0 saturated carbocycles. The summed E-state index contributed by atoms with van der Waals surface area (Å²) in [7, 11) is -2.88. The number of aryl methyl sites for hydroxylation is 1. The van der Waals surface area contributed by atoms with Crippen molar-refractivity contribution in [2.24, 2.45) is 5.92 Å². The van der Waals surface area contributed by atoms with E-state index in [2.05, 4.69) is 36.5 Å². The van der Waals surface area contributed by atoms with E-state index in [1.807, 2.05) is 0 Å². The smallest absolute Gasteiger partial charge is 0.147 e. The molecule has 1 aliphatic rings. The molecule has 0 aromatic heterocycles. The van der Waals surface area contributed by atoms with E-state index >= 15 is 0 Å². The predicted molar refractivity (Wildman–Crippen MR) is 88.2 cm³/mol. The van der Waals surface area contributed by atoms with E-state index < -0.39 is 9.84 Å². The molecule has 3 nitrogen and oxygen atoms in total. The van der Waals surface area contributed by atoms with Crippen molar-refractivity contribution >= 4 is 9.84 Å². The molecule has 1 aromatic rings. The molecule has 0 aliphatic heterocycles. The number of hydrogen-bond acceptors (Lipinski definition) is 3. The summed E-state index contributed by atoms with van der Waals surface area (Å²) in [6, 6.07) is 8.92. The lowest BCUT2D eigenvalue weighted by atomic mass is 9.88. The Bertz CT molecular complexity index is 554. The zero-order valence-electron chi connectivity index (χ0n) is 13.1. The Balaban J connectivity index is 2.21. The highest BCUT2D eigenvalue weighted by Gasteiger charge is 2.27. The molecular weight excluding hydrogens is 282 g/mol. The highest BCUT2D eigenvalue weighted by atomic mass is 32.2. The molecular formula is C17H27NO2S. The predicted octanol–water partition coefficient (Wildman–Crippen LogP) is 3.11. The summed E-state index contributed by atoms with van der Waals surface area (Å²) >= 11 is 0. The molecule has 2 rings (SSSR count). The second-order valence-corrected chi connectivity index (χ2v) is 8.46. The second kappa shape index (κ2) is 7.41. The van der Waals surface area contributed by atoms with Crippen LogP contribution >= 0.6 is 0 Å². The molecule has 0 radical (unpaired) electrons. The summed E-state index contributed by atoms with van der Waals surface area (Å²) in [4.78, 5) is 0. The highest BCUT2D eigenvalue weighted by Crippen LogP contribution is 2.35. The Hall–Kier alpha value is -0.870. The normalized spacial score (nSPS) is 22.6. The average Bonchev–Trinajstić information content (AvgIpc) is 2.61. The molecule has 1 aliphatic carbocycles. The van der Waals surface area contributed by atoms with Gasteiger partial charge in [-0.3, -0.25) is 0 Å². The molecule has 0 fully saturated rings. The molecule has 0 heterocycles. The number of fused-ring (bicyclic) bond motifs is 1. The van der Waals surface area contributed by atoms with Crippen LogP contribution in [0.5, 0.6) is 0 Å². The Morgan fingerprint density at radius 1 is 1.29 bits per heavy atom. The maximum atomic E-state index is 11.5. The van der Waals surface area contributed by atoms with Crippen LogP contribution in [0.3, 0.4) is 0 Å². The van der Waals surface area contributed by atoms with Crippen molar-refractivity contribution in [3.8, 4) is 0 Å². The fourth-order valence-electron chi connectivity index (χ4n) is 3.29. The van der Waals surface area contributed by atoms with Gasteiger partial charge in [-0.25, -0.2) is 8.42 Å². The van der Waals surface area contributed by atoms with Crippen molar-refractivity contribution < 1.29 is 8.42 Å². The monoisotopic (exact) mass is 309 g/mol. The van der Waals surface area contributed by atoms with Crippen molar-refractivity contribution in [2.45, 2.75) is 45.1 Å². The van der Waals surface area contributed by atoms with E-state index in [0.717, 1.165) is 38.6 Å². The van der Waals surface area contributed by atoms with Gasteiger partial charge in [-0.15, -0.1) is 0 Å². The molecule has 0 bridgehead atoms. The van der Waals surface area contributed by atoms with E-state index in [9.17, 15) is 8.42 Å². The van der Waals surface area contributed by atoms with Gasteiger partial charge in [0.25, 0.3) is 0 Å². The summed E-state index contributed by atoms with van der Waals surface area (Å²) in [6.45, 7) is 3.15. The van der Waals surface area contributed by atoms with Gasteiger partial charge in [0.1, 0.15) is 9.84 Å². The maximum absolute atomic E-state index is 11.5. The van der Waals surface area contributed by atoms with Gasteiger partial charge >= 0.3 is 0 Å². The largest absolute Gasteiger partial charge is 0.310 e. The number of nitrogens with one attached hydrogen (secondary N) is 1. The second-order valence-electron chi connectivity index (χ2n) is 6.20. The van der Waals surface area contributed by atoms with Gasteiger partial charge in [0.05, 0.1) is 5.75 Å². The van der Waals surface area contributed by atoms with Crippen LogP contribution in [0.25, 0.3) is 0 Å². The van der Waals surface area contributed by atoms with Crippen molar-refractivity contribution in [1.82, 2.24) is 5.32 Å². The SMILES string of the molecule is CCCNC1c2ccccc2CCCC1CCS(C)(=O)=O. The van der Waals surface area contributed by atoms with E-state index in [-0.39, 0.29) is 0 Å². The summed E-state index contributed by atoms with van der Waals surface area (Å²) in [5, 5.41) is 3.66. The number of rotatable bonds is 6. The third-order valence-corrected chi connectivity index (χ3v) is 5.33. The first-order valence-corrected chi connectivity index (χ1v) is 10.1. The lowest BCUT2D eigenvalue weighted by molar-refractivity contribution is 0.335. The zero-order valence-corrected chi connectivity index (χ0v) is 14.0. The van der Waals surface area contributed by atoms with Gasteiger partial charge in [0.2, 0.25) is 0 Å². The first kappa shape index (κ1) is 16.5. The molecule has 0 saturated heterocycles. The van der Waals surface area contributed by atoms with Crippen LogP contribution < -0.4 is 5.32 Å². The van der Waals surface area contributed by atoms with Crippen LogP contribution in [0, 0.1) is 5.92 Å². The summed E-state index contributed by atoms with van der Waals surface area (Å²) in [5.74, 6) is 0.708. The molecule has 1 aromatic carbocycles. The van der Waals surface area contributed by atoms with E-state index in [1.165, 1.54) is 17.4 Å². The van der Waals surface area contributed by atoms with Crippen molar-refractivity contribution in [1.29, 1.82) is 0 Å². The molecule has 0 spiro atoms. The molecule has 118 valence electrons. The minimum Gasteiger partial charge on any atom is -0.310 e. The summed E-state index contributed by atoms with van der Waals surface area (Å²) in [5.41, 5.74) is 2.80. The molecule has 2 unspecified atom stereocenters. The molecule has 2 atom stereocenters. The lowest BCUT2D eigenvalue weighted by Crippen LogP contribution is -2.30. The van der Waals surface area contributed by atoms with E-state index in [4.69, 9.17) is 0 Å². The first-order valence-electron chi connectivity index (χ1n) is 8.00. The van der Waals surface area contributed by atoms with Crippen molar-refractivity contribution in [3.05, 3.63) is 35.4 Å². The minimum absolute atomic E-state index is 0.296. The van der Waals surface area contributed by atoms with Gasteiger partial charge in [0, 0.05) is 12.3 Å². The average molecular weight is 309 g/mol. The van der Waals surface area contributed by atoms with Crippen LogP contribution in [-0.2, 0) is 16.3 Å². The van der Waals surface area contributed by atoms with Crippen LogP contribution in [0.1, 0.15) is 49.8 Å². The van der Waals surface area contributed by atoms with Crippen LogP contribution in [0.2, 0.25) is 0 Å². The van der Waals surface area contributed by atoms with Crippen LogP contribution in [0.4, 0.5) is 0 Å². The third kappa shape index (κ3) is 4.82. The number of benzene rings is 1. The Labute approximate surface area is 129 Å². The van der Waals surface area contributed by atoms with Gasteiger partial charge in [-0.2, -0.15) is 0 Å². The van der Waals surface area contributed by atoms with E-state index in [1.54, 1.807) is 0 Å². The Morgan fingerprint density at radius 3 is 2.76 bits per heavy atom. The number of sulfone groups is 1. The van der Waals surface area contributed by atoms with Gasteiger partial charge < -0.3 is 5.32 Å². The van der Waals surface area contributed by atoms with Gasteiger partial charge in [-0.05, 0) is 55.7 Å². The van der Waals surface area contributed by atoms with Gasteiger partial charge in [-0.1, -0.05) is 31.2 Å². The maximum Gasteiger partial charge on any atom is 0.147 e. The van der Waals surface area contributed by atoms with E-state index in [0.29, 0.717) is 17.7 Å². The molecule has 0 amide bonds. The van der Waals surface area contributed by atoms with Crippen molar-refractivity contribution in [3.63, 3.8) is 0 Å². The molecule has 1 N–H and O–H groups in total. The lowest BCUT2D eigenvalue weighted by Gasteiger charge is -2.28. The summed E-state index contributed by atoms with van der Waals surface area (Å²) in [6.07, 6.45) is 6.55. The van der Waals surface area contributed by atoms with Crippen LogP contribution in [-0.4, -0.2) is 27.0 Å². The third-order valence-electron chi connectivity index (χ3n) is 4.36. The first-order chi connectivity index (χ1) is 10.0. The van der Waals surface area contributed by atoms with Crippen molar-refractivity contribution in [2.75, 3.05) is 18.6 Å². The van der Waals surface area contributed by atoms with Crippen LogP contribution in [0.15, 0.2) is 24.3 Å². The fourth-order valence-corrected chi connectivity index (χ4v) is 4.02. The quantitative estimate of drug-likeness (QED) is 0.821. The standard InChI is InChI=1S/C17H27NO2S/c1-3-12-18-17-15(11-13-21(2,19)20)9-6-8-14-7-4-5-10-16(14)17/h4-5,7,10,15,17-18H,3,6,8-9,11-13H2,1-2H3. The molecule has 21 heavy (non-hydrogen) atoms. The highest BCUT2D eigenvalue weighted by molar-refractivity contribution is 7.90. The number of hydrogen-bond donors (Lipinski definition) is 1.